The Morgan fingerprint density at radius 1 is 0.659 bits per heavy atom. The maximum absolute atomic E-state index is 6.61. The van der Waals surface area contributed by atoms with Gasteiger partial charge in [0.25, 0.3) is 0 Å². The number of ether oxygens (including phenoxy) is 6. The van der Waals surface area contributed by atoms with Crippen molar-refractivity contribution in [2.24, 2.45) is 5.92 Å². The molecule has 0 spiro atoms. The van der Waals surface area contributed by atoms with Gasteiger partial charge in [0.2, 0.25) is 0 Å². The van der Waals surface area contributed by atoms with Crippen molar-refractivity contribution in [2.45, 2.75) is 39.5 Å². The summed E-state index contributed by atoms with van der Waals surface area (Å²) in [6, 6.07) is 9.73. The van der Waals surface area contributed by atoms with Crippen LogP contribution < -0.4 is 28.4 Å². The van der Waals surface area contributed by atoms with Gasteiger partial charge in [-0.2, -0.15) is 0 Å². The molecule has 0 aromatic heterocycles. The fraction of sp³-hybridized carbons (Fsp3) is 0.371. The number of hydrogen-bond donors (Lipinski definition) is 0. The van der Waals surface area contributed by atoms with Gasteiger partial charge in [0.15, 0.2) is 0 Å². The van der Waals surface area contributed by atoms with Crippen LogP contribution >= 0.6 is 54.5 Å². The molecule has 0 saturated heterocycles. The third-order valence-corrected chi connectivity index (χ3v) is 9.66. The summed E-state index contributed by atoms with van der Waals surface area (Å²) in [5, 5.41) is 0. The Morgan fingerprint density at radius 2 is 1.16 bits per heavy atom. The molecule has 0 amide bonds. The topological polar surface area (TPSA) is 55.4 Å². The summed E-state index contributed by atoms with van der Waals surface area (Å²) in [4.78, 5) is 0. The van der Waals surface area contributed by atoms with E-state index < -0.39 is 0 Å². The highest BCUT2D eigenvalue weighted by Crippen LogP contribution is 2.40. The molecule has 3 aromatic rings. The fourth-order valence-electron chi connectivity index (χ4n) is 4.73. The fourth-order valence-corrected chi connectivity index (χ4v) is 6.68. The van der Waals surface area contributed by atoms with Crippen LogP contribution in [0.3, 0.4) is 0 Å². The number of benzene rings is 3. The molecule has 9 heteroatoms. The lowest BCUT2D eigenvalue weighted by Gasteiger charge is -2.20. The van der Waals surface area contributed by atoms with Crippen molar-refractivity contribution >= 4 is 78.8 Å². The van der Waals surface area contributed by atoms with Gasteiger partial charge in [0, 0.05) is 22.3 Å². The van der Waals surface area contributed by atoms with E-state index >= 15 is 0 Å². The standard InChI is InChI=1S/C35H41Br2IO6/c1-8-10-11-22(9-2)21-44-31-18-25(13-12-23-16-32(41-5)27(36)19-29(23)39-3)35(43-7)34(38)26(31)15-14-24-17-33(42-6)28(37)20-30(24)40-4/h12-20,22H,8-11,21H2,1-7H3. The highest BCUT2D eigenvalue weighted by Gasteiger charge is 2.18. The third-order valence-electron chi connectivity index (χ3n) is 7.35. The zero-order valence-electron chi connectivity index (χ0n) is 26.4. The quantitative estimate of drug-likeness (QED) is 0.106. The second kappa shape index (κ2) is 17.9. The molecule has 6 nitrogen and oxygen atoms in total. The maximum Gasteiger partial charge on any atom is 0.140 e. The molecule has 0 saturated carbocycles. The zero-order valence-corrected chi connectivity index (χ0v) is 31.7. The normalized spacial score (nSPS) is 12.0. The number of unbranched alkanes of at least 4 members (excludes halogenated alkanes) is 1. The Bertz CT molecular complexity index is 1470. The second-order valence-electron chi connectivity index (χ2n) is 10.1. The molecule has 1 unspecified atom stereocenters. The monoisotopic (exact) mass is 842 g/mol. The Kier molecular flexibility index (Phi) is 14.7. The summed E-state index contributed by atoms with van der Waals surface area (Å²) in [5.74, 6) is 4.88. The van der Waals surface area contributed by atoms with E-state index in [1.807, 2.05) is 54.6 Å². The van der Waals surface area contributed by atoms with Crippen molar-refractivity contribution in [3.63, 3.8) is 0 Å². The van der Waals surface area contributed by atoms with Crippen LogP contribution in [0.4, 0.5) is 0 Å². The second-order valence-corrected chi connectivity index (χ2v) is 12.9. The Balaban J connectivity index is 2.15. The van der Waals surface area contributed by atoms with Crippen molar-refractivity contribution < 1.29 is 28.4 Å². The highest BCUT2D eigenvalue weighted by atomic mass is 127. The van der Waals surface area contributed by atoms with Crippen LogP contribution in [0, 0.1) is 9.49 Å². The van der Waals surface area contributed by atoms with E-state index in [1.165, 1.54) is 12.8 Å². The van der Waals surface area contributed by atoms with E-state index in [1.54, 1.807) is 35.5 Å². The Labute approximate surface area is 292 Å². The molecule has 0 fully saturated rings. The molecule has 1 atom stereocenters. The molecular formula is C35H41Br2IO6. The summed E-state index contributed by atoms with van der Waals surface area (Å²) in [7, 11) is 8.29. The van der Waals surface area contributed by atoms with E-state index in [2.05, 4.69) is 68.3 Å². The molecule has 3 rings (SSSR count). The molecule has 0 aliphatic rings. The van der Waals surface area contributed by atoms with Gasteiger partial charge in [-0.25, -0.2) is 0 Å². The van der Waals surface area contributed by atoms with Crippen LogP contribution in [-0.4, -0.2) is 42.2 Å². The van der Waals surface area contributed by atoms with Crippen LogP contribution in [0.1, 0.15) is 61.8 Å². The van der Waals surface area contributed by atoms with Gasteiger partial charge >= 0.3 is 0 Å². The molecule has 3 aromatic carbocycles. The van der Waals surface area contributed by atoms with E-state index in [0.29, 0.717) is 18.3 Å². The van der Waals surface area contributed by atoms with E-state index in [9.17, 15) is 0 Å². The molecule has 238 valence electrons. The first kappa shape index (κ1) is 36.1. The van der Waals surface area contributed by atoms with Crippen molar-refractivity contribution in [1.29, 1.82) is 0 Å². The van der Waals surface area contributed by atoms with E-state index in [0.717, 1.165) is 76.4 Å². The zero-order chi connectivity index (χ0) is 32.2. The largest absolute Gasteiger partial charge is 0.496 e. The van der Waals surface area contributed by atoms with Gasteiger partial charge in [0.1, 0.15) is 34.5 Å². The molecule has 0 bridgehead atoms. The Morgan fingerprint density at radius 3 is 1.64 bits per heavy atom. The van der Waals surface area contributed by atoms with Crippen LogP contribution in [0.2, 0.25) is 0 Å². The summed E-state index contributed by atoms with van der Waals surface area (Å²) >= 11 is 9.43. The molecule has 0 aliphatic heterocycles. The molecular weight excluding hydrogens is 803 g/mol. The lowest BCUT2D eigenvalue weighted by molar-refractivity contribution is 0.232. The van der Waals surface area contributed by atoms with Gasteiger partial charge in [-0.15, -0.1) is 0 Å². The van der Waals surface area contributed by atoms with Crippen LogP contribution in [0.25, 0.3) is 24.3 Å². The van der Waals surface area contributed by atoms with Crippen molar-refractivity contribution in [2.75, 3.05) is 42.2 Å². The van der Waals surface area contributed by atoms with Crippen molar-refractivity contribution in [3.05, 3.63) is 65.1 Å². The number of rotatable bonds is 16. The van der Waals surface area contributed by atoms with Gasteiger partial charge < -0.3 is 28.4 Å². The first-order chi connectivity index (χ1) is 21.2. The first-order valence-electron chi connectivity index (χ1n) is 14.5. The third kappa shape index (κ3) is 9.10. The van der Waals surface area contributed by atoms with Gasteiger partial charge in [-0.3, -0.25) is 0 Å². The predicted octanol–water partition coefficient (Wildman–Crippen LogP) is 10.8. The Hall–Kier alpha value is -2.37. The van der Waals surface area contributed by atoms with Gasteiger partial charge in [-0.1, -0.05) is 51.3 Å². The smallest absolute Gasteiger partial charge is 0.140 e. The van der Waals surface area contributed by atoms with Gasteiger partial charge in [-0.05, 0) is 103 Å². The van der Waals surface area contributed by atoms with Crippen LogP contribution in [0.5, 0.6) is 34.5 Å². The first-order valence-corrected chi connectivity index (χ1v) is 17.1. The maximum atomic E-state index is 6.61. The average molecular weight is 844 g/mol. The molecule has 44 heavy (non-hydrogen) atoms. The number of methoxy groups -OCH3 is 5. The molecule has 0 heterocycles. The molecule has 0 aliphatic carbocycles. The van der Waals surface area contributed by atoms with E-state index in [4.69, 9.17) is 28.4 Å². The lowest BCUT2D eigenvalue weighted by Crippen LogP contribution is -2.12. The predicted molar refractivity (Wildman–Crippen MR) is 197 cm³/mol. The highest BCUT2D eigenvalue weighted by molar-refractivity contribution is 14.1. The lowest BCUT2D eigenvalue weighted by atomic mass is 10.0. The van der Waals surface area contributed by atoms with Gasteiger partial charge in [0.05, 0.1) is 54.7 Å². The minimum atomic E-state index is 0.473. The summed E-state index contributed by atoms with van der Waals surface area (Å²) in [6.07, 6.45) is 12.6. The summed E-state index contributed by atoms with van der Waals surface area (Å²) < 4.78 is 37.5. The minimum absolute atomic E-state index is 0.473. The molecule has 0 radical (unpaired) electrons. The molecule has 0 N–H and O–H groups in total. The average Bonchev–Trinajstić information content (AvgIpc) is 3.03. The van der Waals surface area contributed by atoms with Crippen molar-refractivity contribution in [1.82, 2.24) is 0 Å². The summed E-state index contributed by atoms with van der Waals surface area (Å²) in [5.41, 5.74) is 3.56. The number of hydrogen-bond acceptors (Lipinski definition) is 6. The van der Waals surface area contributed by atoms with Crippen LogP contribution in [0.15, 0.2) is 39.3 Å². The number of halogens is 3. The summed E-state index contributed by atoms with van der Waals surface area (Å²) in [6.45, 7) is 5.09. The van der Waals surface area contributed by atoms with Crippen molar-refractivity contribution in [3.8, 4) is 34.5 Å². The minimum Gasteiger partial charge on any atom is -0.496 e. The van der Waals surface area contributed by atoms with Crippen LogP contribution in [-0.2, 0) is 0 Å². The SMILES string of the molecule is CCCCC(CC)COc1cc(C=Cc2cc(OC)c(Br)cc2OC)c(OC)c(I)c1C=Cc1cc(OC)c(Br)cc1OC. The van der Waals surface area contributed by atoms with E-state index in [-0.39, 0.29) is 0 Å².